The van der Waals surface area contributed by atoms with Gasteiger partial charge in [0.2, 0.25) is 5.91 Å². The fraction of sp³-hybridized carbons (Fsp3) is 0.677. The van der Waals surface area contributed by atoms with E-state index >= 15 is 0 Å². The van der Waals surface area contributed by atoms with Crippen molar-refractivity contribution in [1.29, 1.82) is 0 Å². The fourth-order valence-corrected chi connectivity index (χ4v) is 5.86. The standard InChI is InChI=1S/C31H50N4O7S2/c1-30(2,3)42-29(39)33-31(4)17-15-24(25(20-31)40-5)35(26(36)14-11-18-43-6)34-27(37)23(16-19-44-7)32-28(38)41-21-22-12-9-8-10-13-22/h8-10,12-13,23-25H,11,14-21H2,1-7H3,(H,32,38)(H,33,39)(H,34,37)/t23-,24-,25+,31+/m0/s1. The number of hydrazine groups is 1. The van der Waals surface area contributed by atoms with E-state index in [9.17, 15) is 19.2 Å². The van der Waals surface area contributed by atoms with Crippen LogP contribution in [0.3, 0.4) is 0 Å². The first kappa shape index (κ1) is 37.5. The monoisotopic (exact) mass is 654 g/mol. The Kier molecular flexibility index (Phi) is 15.7. The van der Waals surface area contributed by atoms with Crippen LogP contribution in [0, 0.1) is 0 Å². The van der Waals surface area contributed by atoms with E-state index in [4.69, 9.17) is 14.2 Å². The molecule has 1 aromatic rings. The molecule has 0 unspecified atom stereocenters. The second kappa shape index (κ2) is 18.4. The lowest BCUT2D eigenvalue weighted by atomic mass is 9.78. The Balaban J connectivity index is 2.19. The number of amides is 4. The molecule has 13 heteroatoms. The lowest BCUT2D eigenvalue weighted by Gasteiger charge is -2.46. The minimum atomic E-state index is -0.920. The molecule has 0 saturated heterocycles. The maximum Gasteiger partial charge on any atom is 0.408 e. The van der Waals surface area contributed by atoms with Crippen molar-refractivity contribution in [1.82, 2.24) is 21.1 Å². The number of ether oxygens (including phenoxy) is 3. The van der Waals surface area contributed by atoms with E-state index < -0.39 is 47.4 Å². The topological polar surface area (TPSA) is 135 Å². The van der Waals surface area contributed by atoms with Gasteiger partial charge in [-0.05, 0) is 89.4 Å². The van der Waals surface area contributed by atoms with Crippen LogP contribution in [-0.2, 0) is 30.4 Å². The normalized spacial score (nSPS) is 20.6. The molecule has 0 aliphatic heterocycles. The maximum absolute atomic E-state index is 13.6. The van der Waals surface area contributed by atoms with Gasteiger partial charge >= 0.3 is 12.2 Å². The second-order valence-electron chi connectivity index (χ2n) is 12.1. The summed E-state index contributed by atoms with van der Waals surface area (Å²) in [6.07, 6.45) is 4.79. The molecule has 44 heavy (non-hydrogen) atoms. The van der Waals surface area contributed by atoms with Gasteiger partial charge in [0.05, 0.1) is 12.1 Å². The molecule has 0 heterocycles. The zero-order valence-electron chi connectivity index (χ0n) is 27.1. The molecule has 1 aliphatic rings. The number of nitrogens with zero attached hydrogens (tertiary/aromatic N) is 1. The zero-order valence-corrected chi connectivity index (χ0v) is 28.7. The van der Waals surface area contributed by atoms with Crippen molar-refractivity contribution in [3.05, 3.63) is 35.9 Å². The molecule has 1 aromatic carbocycles. The number of methoxy groups -OCH3 is 1. The molecule has 1 saturated carbocycles. The summed E-state index contributed by atoms with van der Waals surface area (Å²) < 4.78 is 16.7. The molecule has 0 bridgehead atoms. The smallest absolute Gasteiger partial charge is 0.408 e. The summed E-state index contributed by atoms with van der Waals surface area (Å²) in [4.78, 5) is 52.5. The number of thioether (sulfide) groups is 2. The molecular formula is C31H50N4O7S2. The third-order valence-electron chi connectivity index (χ3n) is 7.18. The number of alkyl carbamates (subject to hydrolysis) is 2. The highest BCUT2D eigenvalue weighted by Gasteiger charge is 2.44. The number of benzene rings is 1. The van der Waals surface area contributed by atoms with Crippen molar-refractivity contribution >= 4 is 47.5 Å². The first-order valence-corrected chi connectivity index (χ1v) is 17.7. The fourth-order valence-electron chi connectivity index (χ4n) is 4.96. The van der Waals surface area contributed by atoms with Crippen molar-refractivity contribution in [2.75, 3.05) is 31.1 Å². The molecule has 0 aromatic heterocycles. The molecule has 1 aliphatic carbocycles. The van der Waals surface area contributed by atoms with Gasteiger partial charge in [-0.15, -0.1) is 0 Å². The third kappa shape index (κ3) is 13.2. The average Bonchev–Trinajstić information content (AvgIpc) is 2.96. The van der Waals surface area contributed by atoms with Gasteiger partial charge in [0, 0.05) is 19.1 Å². The average molecular weight is 655 g/mol. The predicted molar refractivity (Wildman–Crippen MR) is 175 cm³/mol. The van der Waals surface area contributed by atoms with Crippen molar-refractivity contribution in [2.24, 2.45) is 0 Å². The highest BCUT2D eigenvalue weighted by molar-refractivity contribution is 7.98. The Labute approximate surface area is 270 Å². The third-order valence-corrected chi connectivity index (χ3v) is 8.52. The number of nitrogens with one attached hydrogen (secondary N) is 3. The Hall–Kier alpha value is -2.64. The van der Waals surface area contributed by atoms with E-state index in [0.29, 0.717) is 37.9 Å². The van der Waals surface area contributed by atoms with Gasteiger partial charge in [-0.2, -0.15) is 23.5 Å². The van der Waals surface area contributed by atoms with Crippen molar-refractivity contribution in [3.8, 4) is 0 Å². The number of hydrogen-bond acceptors (Lipinski definition) is 9. The number of carbonyl (C=O) groups excluding carboxylic acids is 4. The van der Waals surface area contributed by atoms with Gasteiger partial charge in [0.25, 0.3) is 5.91 Å². The Morgan fingerprint density at radius 1 is 1.07 bits per heavy atom. The first-order chi connectivity index (χ1) is 20.8. The lowest BCUT2D eigenvalue weighted by Crippen LogP contribution is -2.64. The molecule has 3 N–H and O–H groups in total. The molecule has 0 radical (unpaired) electrons. The van der Waals surface area contributed by atoms with Gasteiger partial charge in [-0.3, -0.25) is 15.0 Å². The summed E-state index contributed by atoms with van der Waals surface area (Å²) in [5, 5.41) is 7.04. The van der Waals surface area contributed by atoms with Crippen LogP contribution in [0.5, 0.6) is 0 Å². The summed E-state index contributed by atoms with van der Waals surface area (Å²) in [5.74, 6) is 0.661. The minimum Gasteiger partial charge on any atom is -0.445 e. The van der Waals surface area contributed by atoms with Gasteiger partial charge in [-0.1, -0.05) is 30.3 Å². The predicted octanol–water partition coefficient (Wildman–Crippen LogP) is 4.89. The first-order valence-electron chi connectivity index (χ1n) is 14.9. The van der Waals surface area contributed by atoms with E-state index in [2.05, 4.69) is 16.1 Å². The van der Waals surface area contributed by atoms with Gasteiger partial charge < -0.3 is 24.8 Å². The van der Waals surface area contributed by atoms with E-state index in [0.717, 1.165) is 11.3 Å². The number of carbonyl (C=O) groups is 4. The molecule has 4 amide bonds. The van der Waals surface area contributed by atoms with Crippen LogP contribution in [0.2, 0.25) is 0 Å². The van der Waals surface area contributed by atoms with Crippen LogP contribution >= 0.6 is 23.5 Å². The van der Waals surface area contributed by atoms with Crippen molar-refractivity contribution < 1.29 is 33.4 Å². The Morgan fingerprint density at radius 3 is 2.36 bits per heavy atom. The van der Waals surface area contributed by atoms with Crippen LogP contribution < -0.4 is 16.1 Å². The summed E-state index contributed by atoms with van der Waals surface area (Å²) in [6, 6.07) is 7.86. The van der Waals surface area contributed by atoms with Crippen molar-refractivity contribution in [2.45, 2.75) is 102 Å². The Bertz CT molecular complexity index is 1070. The van der Waals surface area contributed by atoms with Gasteiger partial charge in [0.1, 0.15) is 18.2 Å². The summed E-state index contributed by atoms with van der Waals surface area (Å²) in [7, 11) is 1.56. The van der Waals surface area contributed by atoms with Crippen LogP contribution in [0.15, 0.2) is 30.3 Å². The zero-order chi connectivity index (χ0) is 32.8. The summed E-state index contributed by atoms with van der Waals surface area (Å²) in [6.45, 7) is 7.40. The second-order valence-corrected chi connectivity index (χ2v) is 14.1. The minimum absolute atomic E-state index is 0.0667. The SMILES string of the molecule is CO[C@@H]1C[C@](C)(NC(=O)OC(C)(C)C)CC[C@@H]1N(NC(=O)[C@H](CCSC)NC(=O)OCc1ccccc1)C(=O)CCCSC. The molecule has 2 rings (SSSR count). The molecule has 0 spiro atoms. The van der Waals surface area contributed by atoms with E-state index in [1.165, 1.54) is 5.01 Å². The van der Waals surface area contributed by atoms with E-state index in [1.54, 1.807) is 51.4 Å². The van der Waals surface area contributed by atoms with Crippen molar-refractivity contribution in [3.63, 3.8) is 0 Å². The maximum atomic E-state index is 13.6. The van der Waals surface area contributed by atoms with Gasteiger partial charge in [-0.25, -0.2) is 14.6 Å². The van der Waals surface area contributed by atoms with Gasteiger partial charge in [0.15, 0.2) is 0 Å². The highest BCUT2D eigenvalue weighted by atomic mass is 32.2. The summed E-state index contributed by atoms with van der Waals surface area (Å²) >= 11 is 3.19. The number of rotatable bonds is 14. The molecule has 4 atom stereocenters. The lowest BCUT2D eigenvalue weighted by molar-refractivity contribution is -0.152. The molecule has 248 valence electrons. The van der Waals surface area contributed by atoms with E-state index in [-0.39, 0.29) is 18.9 Å². The molecule has 1 fully saturated rings. The van der Waals surface area contributed by atoms with Crippen LogP contribution in [0.4, 0.5) is 9.59 Å². The van der Waals surface area contributed by atoms with E-state index in [1.807, 2.05) is 49.8 Å². The molecule has 11 nitrogen and oxygen atoms in total. The van der Waals surface area contributed by atoms with Crippen LogP contribution in [0.25, 0.3) is 0 Å². The molecular weight excluding hydrogens is 604 g/mol. The summed E-state index contributed by atoms with van der Waals surface area (Å²) in [5.41, 5.74) is 2.38. The van der Waals surface area contributed by atoms with Crippen LogP contribution in [-0.4, -0.2) is 89.5 Å². The number of hydrogen-bond donors (Lipinski definition) is 3. The largest absolute Gasteiger partial charge is 0.445 e. The quantitative estimate of drug-likeness (QED) is 0.189. The van der Waals surface area contributed by atoms with Crippen LogP contribution in [0.1, 0.15) is 71.8 Å². The Morgan fingerprint density at radius 2 is 1.75 bits per heavy atom. The highest BCUT2D eigenvalue weighted by Crippen LogP contribution is 2.33.